The SMILES string of the molecule is C/C(=C\C(=O)N1CCC[C@H]1c1nc(-c2ccc(C(=O)Nc3ccccn3)cc2)c2c(N)nccn12)S[C@H](N)C(=O)NCC(=O)O. The summed E-state index contributed by atoms with van der Waals surface area (Å²) in [5.41, 5.74) is 14.5. The lowest BCUT2D eigenvalue weighted by Gasteiger charge is -2.23. The van der Waals surface area contributed by atoms with Crippen LogP contribution in [0.25, 0.3) is 16.8 Å². The normalized spacial score (nSPS) is 15.6. The third-order valence-electron chi connectivity index (χ3n) is 7.08. The van der Waals surface area contributed by atoms with Crippen molar-refractivity contribution < 1.29 is 24.3 Å². The summed E-state index contributed by atoms with van der Waals surface area (Å²) in [7, 11) is 0. The number of nitrogen functional groups attached to an aromatic ring is 1. The average molecular weight is 630 g/mol. The molecule has 1 aliphatic rings. The number of carboxylic acid groups (broad SMARTS) is 1. The average Bonchev–Trinajstić information content (AvgIpc) is 3.66. The van der Waals surface area contributed by atoms with Gasteiger partial charge in [0.1, 0.15) is 40.6 Å². The van der Waals surface area contributed by atoms with Gasteiger partial charge in [-0.15, -0.1) is 11.8 Å². The van der Waals surface area contributed by atoms with Crippen LogP contribution in [-0.4, -0.2) is 71.5 Å². The second kappa shape index (κ2) is 13.6. The van der Waals surface area contributed by atoms with E-state index < -0.39 is 23.8 Å². The van der Waals surface area contributed by atoms with Gasteiger partial charge >= 0.3 is 5.97 Å². The van der Waals surface area contributed by atoms with E-state index in [4.69, 9.17) is 21.6 Å². The number of fused-ring (bicyclic) bond motifs is 1. The minimum absolute atomic E-state index is 0.265. The molecule has 0 unspecified atom stereocenters. The number of allylic oxidation sites excluding steroid dienone is 1. The maximum Gasteiger partial charge on any atom is 0.322 e. The number of aromatic nitrogens is 4. The predicted octanol–water partition coefficient (Wildman–Crippen LogP) is 2.41. The van der Waals surface area contributed by atoms with Crippen molar-refractivity contribution in [3.8, 4) is 11.3 Å². The van der Waals surface area contributed by atoms with E-state index in [2.05, 4.69) is 20.6 Å². The van der Waals surface area contributed by atoms with Crippen molar-refractivity contribution in [3.05, 3.63) is 83.4 Å². The Morgan fingerprint density at radius 1 is 1.13 bits per heavy atom. The number of rotatable bonds is 10. The first kappa shape index (κ1) is 31.2. The lowest BCUT2D eigenvalue weighted by Crippen LogP contribution is -2.40. The molecular formula is C30H31N9O5S. The number of amides is 3. The second-order valence-corrected chi connectivity index (χ2v) is 11.6. The molecule has 1 aliphatic heterocycles. The summed E-state index contributed by atoms with van der Waals surface area (Å²) in [6.07, 6.45) is 7.74. The van der Waals surface area contributed by atoms with Crippen molar-refractivity contribution in [1.82, 2.24) is 29.6 Å². The Labute approximate surface area is 261 Å². The third kappa shape index (κ3) is 7.11. The molecule has 4 heterocycles. The quantitative estimate of drug-likeness (QED) is 0.127. The summed E-state index contributed by atoms with van der Waals surface area (Å²) in [6.45, 7) is 1.61. The molecule has 232 valence electrons. The summed E-state index contributed by atoms with van der Waals surface area (Å²) < 4.78 is 1.84. The molecule has 2 atom stereocenters. The summed E-state index contributed by atoms with van der Waals surface area (Å²) in [5, 5.41) is 12.7. The molecule has 45 heavy (non-hydrogen) atoms. The number of thioether (sulfide) groups is 1. The summed E-state index contributed by atoms with van der Waals surface area (Å²) in [6, 6.07) is 11.8. The molecule has 7 N–H and O–H groups in total. The Bertz CT molecular complexity index is 1780. The number of hydrogen-bond acceptors (Lipinski definition) is 10. The highest BCUT2D eigenvalue weighted by molar-refractivity contribution is 8.04. The van der Waals surface area contributed by atoms with E-state index in [1.54, 1.807) is 72.9 Å². The van der Waals surface area contributed by atoms with E-state index in [1.807, 2.05) is 4.40 Å². The molecule has 15 heteroatoms. The molecule has 5 rings (SSSR count). The fourth-order valence-corrected chi connectivity index (χ4v) is 5.79. The van der Waals surface area contributed by atoms with Crippen LogP contribution < -0.4 is 22.1 Å². The molecule has 4 aromatic rings. The van der Waals surface area contributed by atoms with E-state index in [1.165, 1.54) is 6.08 Å². The lowest BCUT2D eigenvalue weighted by atomic mass is 10.1. The maximum atomic E-state index is 13.4. The Morgan fingerprint density at radius 2 is 1.91 bits per heavy atom. The smallest absolute Gasteiger partial charge is 0.322 e. The number of carbonyl (C=O) groups excluding carboxylic acids is 3. The molecule has 1 aromatic carbocycles. The number of hydrogen-bond donors (Lipinski definition) is 5. The Balaban J connectivity index is 1.37. The van der Waals surface area contributed by atoms with Crippen molar-refractivity contribution in [1.29, 1.82) is 0 Å². The molecule has 1 saturated heterocycles. The highest BCUT2D eigenvalue weighted by Crippen LogP contribution is 2.37. The Morgan fingerprint density at radius 3 is 2.62 bits per heavy atom. The van der Waals surface area contributed by atoms with Gasteiger partial charge in [-0.2, -0.15) is 0 Å². The van der Waals surface area contributed by atoms with E-state index in [-0.39, 0.29) is 23.7 Å². The van der Waals surface area contributed by atoms with Gasteiger partial charge in [0.05, 0.1) is 6.04 Å². The number of imidazole rings is 1. The summed E-state index contributed by atoms with van der Waals surface area (Å²) >= 11 is 0.962. The van der Waals surface area contributed by atoms with E-state index in [0.29, 0.717) is 51.9 Å². The van der Waals surface area contributed by atoms with Crippen molar-refractivity contribution in [2.45, 2.75) is 31.2 Å². The molecule has 0 saturated carbocycles. The standard InChI is InChI=1S/C30H31N9O5S/c1-17(45-27(32)30(44)35-16-23(41)42)15-22(40)38-13-4-5-20(38)28-37-24(25-26(31)34-12-14-39(25)28)18-7-9-19(10-8-18)29(43)36-21-6-2-3-11-33-21/h2-3,6-12,14-15,20,27H,4-5,13,16,32H2,1H3,(H2,31,34)(H,35,44)(H,41,42)(H,33,36,43)/b17-15+/t20-,27-/m0/s1. The molecule has 0 bridgehead atoms. The van der Waals surface area contributed by atoms with Crippen LogP contribution >= 0.6 is 11.8 Å². The largest absolute Gasteiger partial charge is 0.480 e. The van der Waals surface area contributed by atoms with Gasteiger partial charge in [-0.25, -0.2) is 15.0 Å². The maximum absolute atomic E-state index is 13.4. The molecule has 3 aromatic heterocycles. The lowest BCUT2D eigenvalue weighted by molar-refractivity contribution is -0.137. The molecule has 3 amide bonds. The Kier molecular flexibility index (Phi) is 9.39. The minimum Gasteiger partial charge on any atom is -0.480 e. The van der Waals surface area contributed by atoms with Gasteiger partial charge in [-0.05, 0) is 48.9 Å². The number of benzene rings is 1. The van der Waals surface area contributed by atoms with E-state index >= 15 is 0 Å². The van der Waals surface area contributed by atoms with Gasteiger partial charge in [0, 0.05) is 42.3 Å². The van der Waals surface area contributed by atoms with Gasteiger partial charge < -0.3 is 32.1 Å². The number of nitrogens with two attached hydrogens (primary N) is 2. The number of nitrogens with zero attached hydrogens (tertiary/aromatic N) is 5. The minimum atomic E-state index is -1.18. The highest BCUT2D eigenvalue weighted by atomic mass is 32.2. The number of anilines is 2. The van der Waals surface area contributed by atoms with E-state index in [9.17, 15) is 19.2 Å². The fraction of sp³-hybridized carbons (Fsp3) is 0.233. The highest BCUT2D eigenvalue weighted by Gasteiger charge is 2.33. The van der Waals surface area contributed by atoms with Crippen LogP contribution in [0.1, 0.15) is 42.0 Å². The molecule has 0 radical (unpaired) electrons. The van der Waals surface area contributed by atoms with Gasteiger partial charge in [-0.3, -0.25) is 23.6 Å². The molecule has 14 nitrogen and oxygen atoms in total. The van der Waals surface area contributed by atoms with Crippen LogP contribution in [0.3, 0.4) is 0 Å². The first-order valence-electron chi connectivity index (χ1n) is 14.0. The monoisotopic (exact) mass is 629 g/mol. The number of carboxylic acids is 1. The number of carbonyl (C=O) groups is 4. The van der Waals surface area contributed by atoms with Crippen molar-refractivity contribution >= 4 is 52.6 Å². The van der Waals surface area contributed by atoms with Crippen molar-refractivity contribution in [3.63, 3.8) is 0 Å². The zero-order valence-corrected chi connectivity index (χ0v) is 25.0. The summed E-state index contributed by atoms with van der Waals surface area (Å²) in [5.74, 6) is -1.09. The Hall–Kier alpha value is -5.28. The van der Waals surface area contributed by atoms with Gasteiger partial charge in [-0.1, -0.05) is 18.2 Å². The van der Waals surface area contributed by atoms with Gasteiger partial charge in [0.25, 0.3) is 5.91 Å². The number of aliphatic carboxylic acids is 1. The second-order valence-electron chi connectivity index (χ2n) is 10.2. The topological polar surface area (TPSA) is 211 Å². The zero-order valence-electron chi connectivity index (χ0n) is 24.2. The first-order valence-corrected chi connectivity index (χ1v) is 14.9. The van der Waals surface area contributed by atoms with Crippen LogP contribution in [0, 0.1) is 0 Å². The predicted molar refractivity (Wildman–Crippen MR) is 169 cm³/mol. The van der Waals surface area contributed by atoms with Crippen LogP contribution in [0.15, 0.2) is 72.0 Å². The van der Waals surface area contributed by atoms with E-state index in [0.717, 1.165) is 18.2 Å². The molecule has 0 aliphatic carbocycles. The van der Waals surface area contributed by atoms with Crippen LogP contribution in [-0.2, 0) is 14.4 Å². The van der Waals surface area contributed by atoms with Crippen molar-refractivity contribution in [2.24, 2.45) is 5.73 Å². The van der Waals surface area contributed by atoms with Crippen LogP contribution in [0.2, 0.25) is 0 Å². The van der Waals surface area contributed by atoms with Gasteiger partial charge in [0.15, 0.2) is 0 Å². The molecule has 0 spiro atoms. The first-order chi connectivity index (χ1) is 21.6. The molecular weight excluding hydrogens is 598 g/mol. The fourth-order valence-electron chi connectivity index (χ4n) is 5.03. The number of nitrogens with one attached hydrogen (secondary N) is 2. The van der Waals surface area contributed by atoms with Crippen molar-refractivity contribution in [2.75, 3.05) is 24.1 Å². The third-order valence-corrected chi connectivity index (χ3v) is 8.04. The molecule has 1 fully saturated rings. The van der Waals surface area contributed by atoms with Gasteiger partial charge in [0.2, 0.25) is 11.8 Å². The summed E-state index contributed by atoms with van der Waals surface area (Å²) in [4.78, 5) is 64.5. The zero-order chi connectivity index (χ0) is 32.1. The number of likely N-dealkylation sites (tertiary alicyclic amines) is 1. The number of pyridine rings is 1. The van der Waals surface area contributed by atoms with Crippen LogP contribution in [0.4, 0.5) is 11.6 Å². The van der Waals surface area contributed by atoms with Crippen LogP contribution in [0.5, 0.6) is 0 Å².